The van der Waals surface area contributed by atoms with E-state index in [1.165, 1.54) is 12.1 Å². The summed E-state index contributed by atoms with van der Waals surface area (Å²) in [5.74, 6) is 1.04. The average molecular weight is 353 g/mol. The molecule has 3 rings (SSSR count). The molecular formula is C18H18ClFO2S. The van der Waals surface area contributed by atoms with Crippen LogP contribution in [-0.4, -0.2) is 12.0 Å². The highest BCUT2D eigenvalue weighted by Crippen LogP contribution is 2.34. The minimum atomic E-state index is -0.345. The molecule has 0 amide bonds. The van der Waals surface area contributed by atoms with Crippen molar-refractivity contribution in [1.29, 1.82) is 0 Å². The van der Waals surface area contributed by atoms with Crippen LogP contribution in [0.4, 0.5) is 4.39 Å². The SMILES string of the molecule is C[C@H]1COC(Sc2cccc(OCc3ccc(F)cc3Cl)c2)C1. The monoisotopic (exact) mass is 352 g/mol. The summed E-state index contributed by atoms with van der Waals surface area (Å²) in [5, 5.41) is 0.379. The highest BCUT2D eigenvalue weighted by molar-refractivity contribution is 7.99. The summed E-state index contributed by atoms with van der Waals surface area (Å²) in [6.45, 7) is 3.34. The molecule has 1 unspecified atom stereocenters. The topological polar surface area (TPSA) is 18.5 Å². The highest BCUT2D eigenvalue weighted by atomic mass is 35.5. The minimum Gasteiger partial charge on any atom is -0.489 e. The van der Waals surface area contributed by atoms with Gasteiger partial charge in [0.1, 0.15) is 23.6 Å². The van der Waals surface area contributed by atoms with Crippen molar-refractivity contribution in [2.75, 3.05) is 6.61 Å². The molecule has 1 aliphatic heterocycles. The van der Waals surface area contributed by atoms with E-state index in [1.54, 1.807) is 17.8 Å². The minimum absolute atomic E-state index is 0.215. The first kappa shape index (κ1) is 16.6. The Labute approximate surface area is 144 Å². The number of benzene rings is 2. The van der Waals surface area contributed by atoms with Crippen LogP contribution in [0.2, 0.25) is 5.02 Å². The first-order chi connectivity index (χ1) is 11.1. The summed E-state index contributed by atoms with van der Waals surface area (Å²) in [6.07, 6.45) is 1.07. The van der Waals surface area contributed by atoms with Crippen LogP contribution >= 0.6 is 23.4 Å². The van der Waals surface area contributed by atoms with Gasteiger partial charge in [-0.25, -0.2) is 4.39 Å². The van der Waals surface area contributed by atoms with Crippen LogP contribution in [0.1, 0.15) is 18.9 Å². The summed E-state index contributed by atoms with van der Waals surface area (Å²) in [5.41, 5.74) is 0.978. The maximum absolute atomic E-state index is 13.0. The van der Waals surface area contributed by atoms with Gasteiger partial charge in [0.05, 0.1) is 11.6 Å². The third-order valence-electron chi connectivity index (χ3n) is 3.64. The zero-order chi connectivity index (χ0) is 16.2. The summed E-state index contributed by atoms with van der Waals surface area (Å²) in [7, 11) is 0. The van der Waals surface area contributed by atoms with E-state index in [4.69, 9.17) is 21.1 Å². The summed E-state index contributed by atoms with van der Waals surface area (Å²) < 4.78 is 24.6. The molecule has 2 nitrogen and oxygen atoms in total. The van der Waals surface area contributed by atoms with Gasteiger partial charge < -0.3 is 9.47 Å². The van der Waals surface area contributed by atoms with Crippen LogP contribution in [0.25, 0.3) is 0 Å². The Bertz CT molecular complexity index is 680. The quantitative estimate of drug-likeness (QED) is 0.704. The lowest BCUT2D eigenvalue weighted by molar-refractivity contribution is 0.166. The van der Waals surface area contributed by atoms with Gasteiger partial charge in [-0.2, -0.15) is 0 Å². The van der Waals surface area contributed by atoms with Gasteiger partial charge >= 0.3 is 0 Å². The Morgan fingerprint density at radius 2 is 2.17 bits per heavy atom. The third-order valence-corrected chi connectivity index (χ3v) is 5.11. The van der Waals surface area contributed by atoms with Gasteiger partial charge in [0.15, 0.2) is 0 Å². The maximum Gasteiger partial charge on any atom is 0.124 e. The molecular weight excluding hydrogens is 335 g/mol. The zero-order valence-electron chi connectivity index (χ0n) is 12.8. The van der Waals surface area contributed by atoms with Gasteiger partial charge in [-0.05, 0) is 42.7 Å². The molecule has 1 saturated heterocycles. The van der Waals surface area contributed by atoms with Crippen molar-refractivity contribution in [3.8, 4) is 5.75 Å². The summed E-state index contributed by atoms with van der Waals surface area (Å²) in [6, 6.07) is 12.2. The zero-order valence-corrected chi connectivity index (χ0v) is 14.4. The Balaban J connectivity index is 1.61. The van der Waals surface area contributed by atoms with Crippen molar-refractivity contribution in [3.63, 3.8) is 0 Å². The molecule has 0 radical (unpaired) electrons. The highest BCUT2D eigenvalue weighted by Gasteiger charge is 2.22. The fourth-order valence-electron chi connectivity index (χ4n) is 2.41. The molecule has 2 atom stereocenters. The molecule has 0 aromatic heterocycles. The maximum atomic E-state index is 13.0. The van der Waals surface area contributed by atoms with Crippen LogP contribution in [0.15, 0.2) is 47.4 Å². The molecule has 0 saturated carbocycles. The molecule has 2 aromatic rings. The fraction of sp³-hybridized carbons (Fsp3) is 0.333. The van der Waals surface area contributed by atoms with E-state index in [1.807, 2.05) is 18.2 Å². The summed E-state index contributed by atoms with van der Waals surface area (Å²) in [4.78, 5) is 1.12. The summed E-state index contributed by atoms with van der Waals surface area (Å²) >= 11 is 7.73. The fourth-order valence-corrected chi connectivity index (χ4v) is 3.85. The van der Waals surface area contributed by atoms with E-state index in [0.29, 0.717) is 17.5 Å². The van der Waals surface area contributed by atoms with Crippen molar-refractivity contribution >= 4 is 23.4 Å². The van der Waals surface area contributed by atoms with Gasteiger partial charge in [-0.3, -0.25) is 0 Å². The average Bonchev–Trinajstić information content (AvgIpc) is 2.92. The normalized spacial score (nSPS) is 20.7. The number of ether oxygens (including phenoxy) is 2. The molecule has 0 bridgehead atoms. The second-order valence-electron chi connectivity index (χ2n) is 5.72. The van der Waals surface area contributed by atoms with Crippen LogP contribution in [0.5, 0.6) is 5.75 Å². The van der Waals surface area contributed by atoms with Crippen molar-refractivity contribution in [3.05, 3.63) is 58.9 Å². The third kappa shape index (κ3) is 4.63. The predicted octanol–water partition coefficient (Wildman–Crippen LogP) is 5.53. The van der Waals surface area contributed by atoms with E-state index >= 15 is 0 Å². The molecule has 0 N–H and O–H groups in total. The van der Waals surface area contributed by atoms with Crippen LogP contribution < -0.4 is 4.74 Å². The number of thioether (sulfide) groups is 1. The number of hydrogen-bond acceptors (Lipinski definition) is 3. The molecule has 5 heteroatoms. The molecule has 2 aromatic carbocycles. The van der Waals surface area contributed by atoms with Crippen LogP contribution in [0.3, 0.4) is 0 Å². The van der Waals surface area contributed by atoms with Gasteiger partial charge in [-0.15, -0.1) is 0 Å². The van der Waals surface area contributed by atoms with Crippen LogP contribution in [0, 0.1) is 11.7 Å². The van der Waals surface area contributed by atoms with E-state index in [2.05, 4.69) is 13.0 Å². The van der Waals surface area contributed by atoms with Gasteiger partial charge in [0.2, 0.25) is 0 Å². The molecule has 1 fully saturated rings. The first-order valence-electron chi connectivity index (χ1n) is 7.55. The van der Waals surface area contributed by atoms with Crippen molar-refractivity contribution in [2.45, 2.75) is 30.3 Å². The first-order valence-corrected chi connectivity index (χ1v) is 8.81. The van der Waals surface area contributed by atoms with E-state index < -0.39 is 0 Å². The number of halogens is 2. The molecule has 122 valence electrons. The van der Waals surface area contributed by atoms with Crippen LogP contribution in [-0.2, 0) is 11.3 Å². The molecule has 0 aliphatic carbocycles. The Morgan fingerprint density at radius 1 is 1.30 bits per heavy atom. The standard InChI is InChI=1S/C18H18ClFO2S/c1-12-7-18(22-10-12)23-16-4-2-3-15(9-16)21-11-13-5-6-14(20)8-17(13)19/h2-6,8-9,12,18H,7,10-11H2,1H3/t12-,18?/m1/s1. The predicted molar refractivity (Wildman–Crippen MR) is 91.6 cm³/mol. The Kier molecular flexibility index (Phi) is 5.46. The number of hydrogen-bond donors (Lipinski definition) is 0. The molecule has 1 heterocycles. The van der Waals surface area contributed by atoms with Gasteiger partial charge in [-0.1, -0.05) is 42.4 Å². The van der Waals surface area contributed by atoms with E-state index in [0.717, 1.165) is 29.2 Å². The second-order valence-corrected chi connectivity index (χ2v) is 7.36. The smallest absolute Gasteiger partial charge is 0.124 e. The molecule has 1 aliphatic rings. The largest absolute Gasteiger partial charge is 0.489 e. The van der Waals surface area contributed by atoms with Gasteiger partial charge in [0.25, 0.3) is 0 Å². The number of rotatable bonds is 5. The van der Waals surface area contributed by atoms with E-state index in [9.17, 15) is 4.39 Å². The lowest BCUT2D eigenvalue weighted by Gasteiger charge is -2.11. The Morgan fingerprint density at radius 3 is 2.91 bits per heavy atom. The second kappa shape index (κ2) is 7.56. The van der Waals surface area contributed by atoms with Gasteiger partial charge in [0, 0.05) is 10.5 Å². The lowest BCUT2D eigenvalue weighted by atomic mass is 10.2. The van der Waals surface area contributed by atoms with Crippen molar-refractivity contribution < 1.29 is 13.9 Å². The van der Waals surface area contributed by atoms with E-state index in [-0.39, 0.29) is 11.3 Å². The lowest BCUT2D eigenvalue weighted by Crippen LogP contribution is -1.99. The molecule has 0 spiro atoms. The van der Waals surface area contributed by atoms with Crippen molar-refractivity contribution in [1.82, 2.24) is 0 Å². The molecule has 23 heavy (non-hydrogen) atoms. The van der Waals surface area contributed by atoms with Crippen molar-refractivity contribution in [2.24, 2.45) is 5.92 Å². The Hall–Kier alpha value is -1.23.